The topological polar surface area (TPSA) is 63.2 Å². The first kappa shape index (κ1) is 26.6. The Morgan fingerprint density at radius 2 is 1.26 bits per heavy atom. The number of carbonyl (C=O) groups is 1. The number of esters is 1. The first-order chi connectivity index (χ1) is 18.8. The molecule has 2 aliphatic rings. The first-order valence-electron chi connectivity index (χ1n) is 13.6. The number of benzene rings is 3. The van der Waals surface area contributed by atoms with Crippen molar-refractivity contribution in [2.75, 3.05) is 6.61 Å². The molecule has 0 unspecified atom stereocenters. The van der Waals surface area contributed by atoms with Gasteiger partial charge in [0.25, 0.3) is 0 Å². The molecule has 5 rings (SSSR count). The van der Waals surface area contributed by atoms with Gasteiger partial charge in [-0.15, -0.1) is 0 Å². The summed E-state index contributed by atoms with van der Waals surface area (Å²) in [4.78, 5) is 12.7. The van der Waals surface area contributed by atoms with Crippen molar-refractivity contribution < 1.29 is 28.5 Å². The van der Waals surface area contributed by atoms with Gasteiger partial charge in [0.2, 0.25) is 0 Å². The highest BCUT2D eigenvalue weighted by Crippen LogP contribution is 2.33. The van der Waals surface area contributed by atoms with Gasteiger partial charge in [-0.1, -0.05) is 98.1 Å². The van der Waals surface area contributed by atoms with Crippen LogP contribution >= 0.6 is 0 Å². The summed E-state index contributed by atoms with van der Waals surface area (Å²) in [6.07, 6.45) is 3.60. The fraction of sp³-hybridized carbons (Fsp3) is 0.406. The molecule has 0 bridgehead atoms. The molecule has 3 aromatic carbocycles. The molecule has 6 heteroatoms. The quantitative estimate of drug-likeness (QED) is 0.288. The Morgan fingerprint density at radius 3 is 1.87 bits per heavy atom. The van der Waals surface area contributed by atoms with Crippen LogP contribution < -0.4 is 0 Å². The zero-order chi connectivity index (χ0) is 26.0. The van der Waals surface area contributed by atoms with E-state index in [-0.39, 0.29) is 12.7 Å². The average molecular weight is 517 g/mol. The smallest absolute Gasteiger partial charge is 0.338 e. The molecule has 0 aromatic heterocycles. The van der Waals surface area contributed by atoms with Crippen LogP contribution in [-0.2, 0) is 36.9 Å². The van der Waals surface area contributed by atoms with E-state index in [4.69, 9.17) is 23.7 Å². The minimum absolute atomic E-state index is 0.0446. The lowest BCUT2D eigenvalue weighted by atomic mass is 9.98. The molecule has 200 valence electrons. The SMILES string of the molecule is O=C(OC[C@H]1O[C@H](OC2CCCCC2)[C@@H](OCc2ccccc2)[C@@H]1OCc1ccccc1)c1ccccc1. The van der Waals surface area contributed by atoms with Gasteiger partial charge in [-0.05, 0) is 36.1 Å². The van der Waals surface area contributed by atoms with Crippen molar-refractivity contribution in [2.24, 2.45) is 0 Å². The van der Waals surface area contributed by atoms with Crippen LogP contribution in [0.5, 0.6) is 0 Å². The third-order valence-corrected chi connectivity index (χ3v) is 7.10. The van der Waals surface area contributed by atoms with Gasteiger partial charge < -0.3 is 23.7 Å². The van der Waals surface area contributed by atoms with Crippen molar-refractivity contribution in [3.8, 4) is 0 Å². The van der Waals surface area contributed by atoms with Gasteiger partial charge in [-0.3, -0.25) is 0 Å². The number of ether oxygens (including phenoxy) is 5. The van der Waals surface area contributed by atoms with E-state index in [9.17, 15) is 4.79 Å². The number of rotatable bonds is 11. The second kappa shape index (κ2) is 13.7. The molecule has 38 heavy (non-hydrogen) atoms. The molecular formula is C32H36O6. The number of hydrogen-bond acceptors (Lipinski definition) is 6. The molecule has 0 spiro atoms. The van der Waals surface area contributed by atoms with Crippen LogP contribution in [-0.4, -0.2) is 43.3 Å². The Hall–Kier alpha value is -3.03. The number of carbonyl (C=O) groups excluding carboxylic acids is 1. The predicted molar refractivity (Wildman–Crippen MR) is 143 cm³/mol. The summed E-state index contributed by atoms with van der Waals surface area (Å²) in [5.74, 6) is -0.394. The molecule has 1 saturated carbocycles. The highest BCUT2D eigenvalue weighted by atomic mass is 16.7. The van der Waals surface area contributed by atoms with E-state index in [1.165, 1.54) is 6.42 Å². The molecule has 0 amide bonds. The molecular weight excluding hydrogens is 480 g/mol. The van der Waals surface area contributed by atoms with Crippen molar-refractivity contribution >= 4 is 5.97 Å². The highest BCUT2D eigenvalue weighted by molar-refractivity contribution is 5.89. The molecule has 0 N–H and O–H groups in total. The van der Waals surface area contributed by atoms with E-state index in [1.807, 2.05) is 78.9 Å². The van der Waals surface area contributed by atoms with Crippen molar-refractivity contribution in [3.63, 3.8) is 0 Å². The Bertz CT molecular complexity index is 1100. The Balaban J connectivity index is 1.33. The van der Waals surface area contributed by atoms with Gasteiger partial charge in [0.15, 0.2) is 6.29 Å². The summed E-state index contributed by atoms with van der Waals surface area (Å²) in [5, 5.41) is 0. The summed E-state index contributed by atoms with van der Waals surface area (Å²) < 4.78 is 31.5. The molecule has 1 heterocycles. The van der Waals surface area contributed by atoms with Gasteiger partial charge in [-0.25, -0.2) is 4.79 Å². The maximum absolute atomic E-state index is 12.7. The van der Waals surface area contributed by atoms with Gasteiger partial charge in [0.05, 0.1) is 24.9 Å². The van der Waals surface area contributed by atoms with E-state index in [1.54, 1.807) is 12.1 Å². The Labute approximate surface area is 224 Å². The molecule has 2 fully saturated rings. The normalized spacial score (nSPS) is 23.8. The van der Waals surface area contributed by atoms with Gasteiger partial charge in [0, 0.05) is 0 Å². The monoisotopic (exact) mass is 516 g/mol. The van der Waals surface area contributed by atoms with Gasteiger partial charge in [-0.2, -0.15) is 0 Å². The molecule has 1 saturated heterocycles. The number of hydrogen-bond donors (Lipinski definition) is 0. The molecule has 4 atom stereocenters. The highest BCUT2D eigenvalue weighted by Gasteiger charge is 2.48. The van der Waals surface area contributed by atoms with Crippen LogP contribution in [0.3, 0.4) is 0 Å². The maximum Gasteiger partial charge on any atom is 0.338 e. The van der Waals surface area contributed by atoms with Crippen LogP contribution in [0.15, 0.2) is 91.0 Å². The van der Waals surface area contributed by atoms with Crippen LogP contribution in [0.25, 0.3) is 0 Å². The van der Waals surface area contributed by atoms with Crippen LogP contribution in [0.2, 0.25) is 0 Å². The van der Waals surface area contributed by atoms with Gasteiger partial charge >= 0.3 is 5.97 Å². The summed E-state index contributed by atoms with van der Waals surface area (Å²) in [7, 11) is 0. The van der Waals surface area contributed by atoms with Crippen molar-refractivity contribution in [3.05, 3.63) is 108 Å². The lowest BCUT2D eigenvalue weighted by molar-refractivity contribution is -0.209. The van der Waals surface area contributed by atoms with Crippen molar-refractivity contribution in [2.45, 2.75) is 76.0 Å². The van der Waals surface area contributed by atoms with Crippen LogP contribution in [0, 0.1) is 0 Å². The minimum atomic E-state index is -0.608. The van der Waals surface area contributed by atoms with E-state index in [0.717, 1.165) is 36.8 Å². The minimum Gasteiger partial charge on any atom is -0.459 e. The van der Waals surface area contributed by atoms with E-state index < -0.39 is 30.6 Å². The van der Waals surface area contributed by atoms with Crippen LogP contribution in [0.4, 0.5) is 0 Å². The molecule has 1 aliphatic carbocycles. The van der Waals surface area contributed by atoms with E-state index >= 15 is 0 Å². The van der Waals surface area contributed by atoms with E-state index in [0.29, 0.717) is 18.8 Å². The van der Waals surface area contributed by atoms with Gasteiger partial charge in [0.1, 0.15) is 24.9 Å². The first-order valence-corrected chi connectivity index (χ1v) is 13.6. The standard InChI is InChI=1S/C32H36O6/c33-31(26-17-9-3-10-18-26)36-23-28-29(34-21-24-13-5-1-6-14-24)30(35-22-25-15-7-2-8-16-25)32(38-28)37-27-19-11-4-12-20-27/h1-3,5-10,13-18,27-30,32H,4,11-12,19-23H2/t28-,29-,30+,32+/m1/s1. The lowest BCUT2D eigenvalue weighted by Gasteiger charge is -2.29. The third kappa shape index (κ3) is 7.29. The summed E-state index contributed by atoms with van der Waals surface area (Å²) in [6.45, 7) is 0.837. The summed E-state index contributed by atoms with van der Waals surface area (Å²) >= 11 is 0. The lowest BCUT2D eigenvalue weighted by Crippen LogP contribution is -2.41. The molecule has 3 aromatic rings. The Kier molecular flexibility index (Phi) is 9.56. The second-order valence-electron chi connectivity index (χ2n) is 9.93. The predicted octanol–water partition coefficient (Wildman–Crippen LogP) is 6.09. The van der Waals surface area contributed by atoms with Crippen molar-refractivity contribution in [1.82, 2.24) is 0 Å². The van der Waals surface area contributed by atoms with Crippen molar-refractivity contribution in [1.29, 1.82) is 0 Å². The fourth-order valence-electron chi connectivity index (χ4n) is 5.05. The van der Waals surface area contributed by atoms with Crippen LogP contribution in [0.1, 0.15) is 53.6 Å². The zero-order valence-corrected chi connectivity index (χ0v) is 21.7. The summed E-state index contributed by atoms with van der Waals surface area (Å²) in [5.41, 5.74) is 2.61. The second-order valence-corrected chi connectivity index (χ2v) is 9.93. The third-order valence-electron chi connectivity index (χ3n) is 7.10. The molecule has 6 nitrogen and oxygen atoms in total. The maximum atomic E-state index is 12.7. The summed E-state index contributed by atoms with van der Waals surface area (Å²) in [6, 6.07) is 29.0. The molecule has 0 radical (unpaired) electrons. The fourth-order valence-corrected chi connectivity index (χ4v) is 5.05. The Morgan fingerprint density at radius 1 is 0.711 bits per heavy atom. The molecule has 1 aliphatic heterocycles. The largest absolute Gasteiger partial charge is 0.459 e. The average Bonchev–Trinajstić information content (AvgIpc) is 3.31. The van der Waals surface area contributed by atoms with E-state index in [2.05, 4.69) is 0 Å². The zero-order valence-electron chi connectivity index (χ0n) is 21.7.